The van der Waals surface area contributed by atoms with Crippen molar-refractivity contribution in [1.82, 2.24) is 4.57 Å². The Bertz CT molecular complexity index is 507. The van der Waals surface area contributed by atoms with E-state index in [1.54, 1.807) is 6.07 Å². The maximum atomic E-state index is 9.33. The Morgan fingerprint density at radius 1 is 1.38 bits per heavy atom. The number of ether oxygens (including phenoxy) is 1. The molecule has 2 rings (SSSR count). The maximum Gasteiger partial charge on any atom is 0.133 e. The number of rotatable bonds is 5. The van der Waals surface area contributed by atoms with Crippen LogP contribution in [0.4, 0.5) is 11.5 Å². The summed E-state index contributed by atoms with van der Waals surface area (Å²) >= 11 is 0. The molecule has 0 amide bonds. The molecule has 0 radical (unpaired) electrons. The average Bonchev–Trinajstić information content (AvgIpc) is 2.74. The van der Waals surface area contributed by atoms with Crippen LogP contribution in [0.15, 0.2) is 6.07 Å². The number of nitrogens with zero attached hydrogens (tertiary/aromatic N) is 3. The third-order valence-electron chi connectivity index (χ3n) is 4.04. The van der Waals surface area contributed by atoms with Gasteiger partial charge in [0.1, 0.15) is 17.6 Å². The number of hydrogen-bond donors (Lipinski definition) is 1. The first-order valence-corrected chi connectivity index (χ1v) is 7.78. The molecule has 2 N–H and O–H groups in total. The predicted molar refractivity (Wildman–Crippen MR) is 85.2 cm³/mol. The van der Waals surface area contributed by atoms with Crippen molar-refractivity contribution in [1.29, 1.82) is 5.26 Å². The summed E-state index contributed by atoms with van der Waals surface area (Å²) in [6.45, 7) is 10.5. The largest absolute Gasteiger partial charge is 0.396 e. The Balaban J connectivity index is 2.28. The van der Waals surface area contributed by atoms with Crippen molar-refractivity contribution in [2.24, 2.45) is 11.8 Å². The standard InChI is InChI=1S/C16H26N4O/c1-4-21-6-5-20-14(9-17)8-15(18)16(20)19-10-12(2)7-13(3)11-19/h8,12-13H,4-7,10-11,18H2,1-3H3/t12-,13-/m0/s1. The van der Waals surface area contributed by atoms with Crippen molar-refractivity contribution in [3.05, 3.63) is 11.8 Å². The van der Waals surface area contributed by atoms with Gasteiger partial charge >= 0.3 is 0 Å². The Morgan fingerprint density at radius 2 is 2.05 bits per heavy atom. The first-order chi connectivity index (χ1) is 10.1. The number of anilines is 2. The number of aromatic nitrogens is 1. The van der Waals surface area contributed by atoms with E-state index in [0.717, 1.165) is 18.9 Å². The van der Waals surface area contributed by atoms with Crippen LogP contribution in [-0.2, 0) is 11.3 Å². The number of hydrogen-bond acceptors (Lipinski definition) is 4. The van der Waals surface area contributed by atoms with E-state index in [1.165, 1.54) is 6.42 Å². The molecule has 21 heavy (non-hydrogen) atoms. The van der Waals surface area contributed by atoms with Gasteiger partial charge in [-0.1, -0.05) is 13.8 Å². The second kappa shape index (κ2) is 6.86. The van der Waals surface area contributed by atoms with E-state index < -0.39 is 0 Å². The Hall–Kier alpha value is -1.67. The third kappa shape index (κ3) is 3.51. The van der Waals surface area contributed by atoms with Crippen LogP contribution in [0.25, 0.3) is 0 Å². The number of nitrogens with two attached hydrogens (primary N) is 1. The van der Waals surface area contributed by atoms with Crippen molar-refractivity contribution >= 4 is 11.5 Å². The van der Waals surface area contributed by atoms with Crippen LogP contribution in [-0.4, -0.2) is 30.9 Å². The van der Waals surface area contributed by atoms with Gasteiger partial charge in [-0.15, -0.1) is 0 Å². The molecule has 0 aliphatic carbocycles. The molecule has 0 bridgehead atoms. The lowest BCUT2D eigenvalue weighted by Gasteiger charge is -2.37. The highest BCUT2D eigenvalue weighted by Crippen LogP contribution is 2.32. The maximum absolute atomic E-state index is 9.33. The molecule has 0 unspecified atom stereocenters. The molecule has 1 aliphatic heterocycles. The fourth-order valence-corrected chi connectivity index (χ4v) is 3.37. The van der Waals surface area contributed by atoms with Gasteiger partial charge in [0.15, 0.2) is 0 Å². The minimum atomic E-state index is 0.602. The zero-order chi connectivity index (χ0) is 15.4. The molecule has 0 saturated carbocycles. The van der Waals surface area contributed by atoms with Gasteiger partial charge in [0, 0.05) is 26.2 Å². The first kappa shape index (κ1) is 15.7. The van der Waals surface area contributed by atoms with Crippen LogP contribution in [0, 0.1) is 23.2 Å². The smallest absolute Gasteiger partial charge is 0.133 e. The highest BCUT2D eigenvalue weighted by atomic mass is 16.5. The van der Waals surface area contributed by atoms with Gasteiger partial charge in [-0.2, -0.15) is 5.26 Å². The third-order valence-corrected chi connectivity index (χ3v) is 4.04. The molecule has 5 heteroatoms. The molecular formula is C16H26N4O. The molecule has 116 valence electrons. The van der Waals surface area contributed by atoms with E-state index in [9.17, 15) is 5.26 Å². The highest BCUT2D eigenvalue weighted by Gasteiger charge is 2.26. The van der Waals surface area contributed by atoms with Crippen LogP contribution in [0.5, 0.6) is 0 Å². The van der Waals surface area contributed by atoms with Crippen LogP contribution >= 0.6 is 0 Å². The molecule has 0 aromatic carbocycles. The van der Waals surface area contributed by atoms with E-state index in [2.05, 4.69) is 24.8 Å². The van der Waals surface area contributed by atoms with Crippen LogP contribution < -0.4 is 10.6 Å². The fourth-order valence-electron chi connectivity index (χ4n) is 3.37. The van der Waals surface area contributed by atoms with Gasteiger partial charge in [0.25, 0.3) is 0 Å². The Kier molecular flexibility index (Phi) is 5.13. The molecule has 2 atom stereocenters. The average molecular weight is 290 g/mol. The Morgan fingerprint density at radius 3 is 2.62 bits per heavy atom. The van der Waals surface area contributed by atoms with Gasteiger partial charge in [-0.25, -0.2) is 0 Å². The lowest BCUT2D eigenvalue weighted by Crippen LogP contribution is -2.40. The number of nitrogen functional groups attached to an aromatic ring is 1. The molecule has 1 aromatic heterocycles. The Labute approximate surface area is 127 Å². The zero-order valence-electron chi connectivity index (χ0n) is 13.3. The van der Waals surface area contributed by atoms with E-state index in [0.29, 0.717) is 43.0 Å². The van der Waals surface area contributed by atoms with E-state index in [4.69, 9.17) is 10.5 Å². The van der Waals surface area contributed by atoms with Crippen molar-refractivity contribution < 1.29 is 4.74 Å². The van der Waals surface area contributed by atoms with E-state index in [-0.39, 0.29) is 0 Å². The van der Waals surface area contributed by atoms with Crippen molar-refractivity contribution in [2.45, 2.75) is 33.7 Å². The highest BCUT2D eigenvalue weighted by molar-refractivity contribution is 5.68. The van der Waals surface area contributed by atoms with E-state index in [1.807, 2.05) is 11.5 Å². The zero-order valence-corrected chi connectivity index (χ0v) is 13.3. The molecule has 0 spiro atoms. The summed E-state index contributed by atoms with van der Waals surface area (Å²) in [6.07, 6.45) is 1.25. The summed E-state index contributed by atoms with van der Waals surface area (Å²) in [7, 11) is 0. The van der Waals surface area contributed by atoms with E-state index >= 15 is 0 Å². The predicted octanol–water partition coefficient (Wildman–Crippen LogP) is 2.46. The first-order valence-electron chi connectivity index (χ1n) is 7.78. The van der Waals surface area contributed by atoms with Crippen LogP contribution in [0.2, 0.25) is 0 Å². The summed E-state index contributed by atoms with van der Waals surface area (Å²) in [5.41, 5.74) is 7.51. The van der Waals surface area contributed by atoms with Crippen molar-refractivity contribution in [2.75, 3.05) is 36.9 Å². The monoisotopic (exact) mass is 290 g/mol. The minimum absolute atomic E-state index is 0.602. The lowest BCUT2D eigenvalue weighted by molar-refractivity contribution is 0.139. The number of nitriles is 1. The normalized spacial score (nSPS) is 22.3. The van der Waals surface area contributed by atoms with Gasteiger partial charge in [-0.05, 0) is 31.2 Å². The second-order valence-corrected chi connectivity index (χ2v) is 6.12. The SMILES string of the molecule is CCOCCn1c(C#N)cc(N)c1N1C[C@@H](C)C[C@H](C)C1. The van der Waals surface area contributed by atoms with Gasteiger partial charge < -0.3 is 19.9 Å². The van der Waals surface area contributed by atoms with Crippen molar-refractivity contribution in [3.63, 3.8) is 0 Å². The molecule has 5 nitrogen and oxygen atoms in total. The summed E-state index contributed by atoms with van der Waals surface area (Å²) in [5.74, 6) is 2.28. The molecule has 1 fully saturated rings. The van der Waals surface area contributed by atoms with Gasteiger partial charge in [0.2, 0.25) is 0 Å². The summed E-state index contributed by atoms with van der Waals surface area (Å²) in [6, 6.07) is 4.03. The summed E-state index contributed by atoms with van der Waals surface area (Å²) in [5, 5.41) is 9.33. The molecular weight excluding hydrogens is 264 g/mol. The topological polar surface area (TPSA) is 67.2 Å². The molecule has 1 aromatic rings. The fraction of sp³-hybridized carbons (Fsp3) is 0.688. The molecule has 2 heterocycles. The number of piperidine rings is 1. The second-order valence-electron chi connectivity index (χ2n) is 6.12. The summed E-state index contributed by atoms with van der Waals surface area (Å²) in [4.78, 5) is 2.33. The van der Waals surface area contributed by atoms with Crippen LogP contribution in [0.1, 0.15) is 32.9 Å². The minimum Gasteiger partial charge on any atom is -0.396 e. The lowest BCUT2D eigenvalue weighted by atomic mass is 9.92. The molecule has 1 saturated heterocycles. The van der Waals surface area contributed by atoms with Gasteiger partial charge in [0.05, 0.1) is 12.3 Å². The van der Waals surface area contributed by atoms with Crippen molar-refractivity contribution in [3.8, 4) is 6.07 Å². The van der Waals surface area contributed by atoms with Crippen LogP contribution in [0.3, 0.4) is 0 Å². The van der Waals surface area contributed by atoms with Gasteiger partial charge in [-0.3, -0.25) is 0 Å². The molecule has 1 aliphatic rings. The quantitative estimate of drug-likeness (QED) is 0.846. The summed E-state index contributed by atoms with van der Waals surface area (Å²) < 4.78 is 7.45.